The zero-order valence-corrected chi connectivity index (χ0v) is 18.1. The van der Waals surface area contributed by atoms with Crippen LogP contribution in [0.1, 0.15) is 74.7 Å². The lowest BCUT2D eigenvalue weighted by molar-refractivity contribution is -0.155. The van der Waals surface area contributed by atoms with Gasteiger partial charge >= 0.3 is 5.97 Å². The van der Waals surface area contributed by atoms with Gasteiger partial charge < -0.3 is 4.74 Å². The van der Waals surface area contributed by atoms with Crippen molar-refractivity contribution in [3.05, 3.63) is 35.4 Å². The summed E-state index contributed by atoms with van der Waals surface area (Å²) in [7, 11) is 1.53. The molecule has 146 valence electrons. The monoisotopic (exact) mass is 432 g/mol. The number of esters is 1. The second-order valence-electron chi connectivity index (χ2n) is 9.63. The number of fused-ring (bicyclic) bond motifs is 2. The van der Waals surface area contributed by atoms with E-state index in [9.17, 15) is 9.59 Å². The van der Waals surface area contributed by atoms with Crippen molar-refractivity contribution < 1.29 is 14.3 Å². The lowest BCUT2D eigenvalue weighted by atomic mass is 9.58. The molecular weight excluding hydrogens is 404 g/mol. The number of ketones is 1. The molecule has 0 aromatic heterocycles. The Balaban J connectivity index is 1.70. The number of alkyl halides is 1. The van der Waals surface area contributed by atoms with Crippen LogP contribution in [0.3, 0.4) is 0 Å². The van der Waals surface area contributed by atoms with E-state index in [2.05, 4.69) is 28.1 Å². The van der Waals surface area contributed by atoms with Crippen LogP contribution in [0, 0.1) is 17.3 Å². The fourth-order valence-corrected chi connectivity index (χ4v) is 6.62. The van der Waals surface area contributed by atoms with Gasteiger partial charge in [0.15, 0.2) is 5.78 Å². The summed E-state index contributed by atoms with van der Waals surface area (Å²) in [5.41, 5.74) is 1.79. The summed E-state index contributed by atoms with van der Waals surface area (Å²) in [6.45, 7) is 3.76. The van der Waals surface area contributed by atoms with Crippen molar-refractivity contribution in [2.75, 3.05) is 7.11 Å². The van der Waals surface area contributed by atoms with Crippen molar-refractivity contribution in [1.29, 1.82) is 0 Å². The summed E-state index contributed by atoms with van der Waals surface area (Å²) in [4.78, 5) is 25.3. The van der Waals surface area contributed by atoms with Gasteiger partial charge in [-0.1, -0.05) is 53.0 Å². The Bertz CT molecular complexity index is 763. The number of rotatable bonds is 4. The molecule has 0 radical (unpaired) electrons. The minimum atomic E-state index is -0.554. The summed E-state index contributed by atoms with van der Waals surface area (Å²) >= 11 is 3.47. The third-order valence-corrected chi connectivity index (χ3v) is 7.81. The van der Waals surface area contributed by atoms with Crippen LogP contribution >= 0.6 is 15.9 Å². The van der Waals surface area contributed by atoms with Crippen molar-refractivity contribution in [3.63, 3.8) is 0 Å². The van der Waals surface area contributed by atoms with Crippen LogP contribution in [0.25, 0.3) is 0 Å². The van der Waals surface area contributed by atoms with Crippen molar-refractivity contribution in [2.45, 2.75) is 68.5 Å². The van der Waals surface area contributed by atoms with E-state index in [1.54, 1.807) is 0 Å². The Morgan fingerprint density at radius 1 is 1.11 bits per heavy atom. The highest BCUT2D eigenvalue weighted by Crippen LogP contribution is 2.65. The maximum atomic E-state index is 12.7. The number of halogens is 1. The van der Waals surface area contributed by atoms with E-state index in [4.69, 9.17) is 4.74 Å². The van der Waals surface area contributed by atoms with Crippen LogP contribution in [-0.2, 0) is 14.9 Å². The zero-order valence-electron chi connectivity index (χ0n) is 16.5. The van der Waals surface area contributed by atoms with E-state index in [0.29, 0.717) is 11.8 Å². The number of Topliss-reactive ketones (excluding diaryl/α,β-unsaturated/α-hetero) is 1. The van der Waals surface area contributed by atoms with Gasteiger partial charge in [0.25, 0.3) is 0 Å². The molecule has 4 unspecified atom stereocenters. The van der Waals surface area contributed by atoms with Crippen LogP contribution in [0.4, 0.5) is 0 Å². The van der Waals surface area contributed by atoms with Gasteiger partial charge in [0.1, 0.15) is 0 Å². The van der Waals surface area contributed by atoms with Gasteiger partial charge in [-0.25, -0.2) is 0 Å². The zero-order chi connectivity index (χ0) is 19.4. The number of hydrogen-bond acceptors (Lipinski definition) is 3. The Kier molecular flexibility index (Phi) is 4.57. The molecule has 1 aromatic rings. The maximum absolute atomic E-state index is 12.7. The highest BCUT2D eigenvalue weighted by atomic mass is 79.9. The molecule has 27 heavy (non-hydrogen) atoms. The molecule has 0 aliphatic heterocycles. The Morgan fingerprint density at radius 3 is 2.41 bits per heavy atom. The van der Waals surface area contributed by atoms with Crippen molar-refractivity contribution in [1.82, 2.24) is 0 Å². The quantitative estimate of drug-likeness (QED) is 0.361. The Labute approximate surface area is 170 Å². The molecule has 3 aliphatic carbocycles. The summed E-state index contributed by atoms with van der Waals surface area (Å²) in [6, 6.07) is 8.22. The van der Waals surface area contributed by atoms with Crippen molar-refractivity contribution in [2.24, 2.45) is 17.3 Å². The first-order chi connectivity index (χ1) is 12.7. The molecule has 3 bridgehead atoms. The molecule has 0 saturated heterocycles. The van der Waals surface area contributed by atoms with Crippen molar-refractivity contribution >= 4 is 27.7 Å². The standard InChI is InChI=1S/C23H29BrO3/c1-21(2,24)19(25)15-6-8-18(9-7-15)22-10-4-5-16-11-23(14-22,20(26)27-3)13-17(16)12-22/h6-9,16-17H,4-5,10-14H2,1-3H3. The van der Waals surface area contributed by atoms with Crippen LogP contribution in [0.2, 0.25) is 0 Å². The molecule has 3 aliphatic rings. The number of hydrogen-bond donors (Lipinski definition) is 0. The number of ether oxygens (including phenoxy) is 1. The van der Waals surface area contributed by atoms with Crippen molar-refractivity contribution in [3.8, 4) is 0 Å². The lowest BCUT2D eigenvalue weighted by Gasteiger charge is -2.45. The van der Waals surface area contributed by atoms with Gasteiger partial charge in [0.05, 0.1) is 16.8 Å². The fraction of sp³-hybridized carbons (Fsp3) is 0.652. The molecule has 3 fully saturated rings. The molecule has 0 N–H and O–H groups in total. The smallest absolute Gasteiger partial charge is 0.311 e. The minimum Gasteiger partial charge on any atom is -0.469 e. The van der Waals surface area contributed by atoms with Crippen LogP contribution < -0.4 is 0 Å². The minimum absolute atomic E-state index is 0.00573. The van der Waals surface area contributed by atoms with Crippen LogP contribution in [-0.4, -0.2) is 23.2 Å². The lowest BCUT2D eigenvalue weighted by Crippen LogP contribution is -2.43. The van der Waals surface area contributed by atoms with Gasteiger partial charge in [-0.05, 0) is 68.8 Å². The summed E-state index contributed by atoms with van der Waals surface area (Å²) < 4.78 is 4.70. The number of benzene rings is 1. The normalized spacial score (nSPS) is 35.0. The van der Waals surface area contributed by atoms with E-state index in [0.717, 1.165) is 31.2 Å². The molecule has 4 heteroatoms. The largest absolute Gasteiger partial charge is 0.469 e. The SMILES string of the molecule is COC(=O)C12CC3CCCC(c4ccc(C(=O)C(C)(C)Br)cc4)(CC3C1)C2. The summed E-state index contributed by atoms with van der Waals surface area (Å²) in [5, 5.41) is 0. The fourth-order valence-electron chi connectivity index (χ4n) is 6.39. The predicted molar refractivity (Wildman–Crippen MR) is 109 cm³/mol. The molecule has 1 aromatic carbocycles. The van der Waals surface area contributed by atoms with Crippen LogP contribution in [0.5, 0.6) is 0 Å². The predicted octanol–water partition coefficient (Wildman–Crippen LogP) is 5.44. The molecular formula is C23H29BrO3. The third kappa shape index (κ3) is 3.08. The second kappa shape index (κ2) is 6.43. The van der Waals surface area contributed by atoms with Gasteiger partial charge in [-0.2, -0.15) is 0 Å². The molecule has 0 spiro atoms. The second-order valence-corrected chi connectivity index (χ2v) is 11.6. The molecule has 4 rings (SSSR count). The average molecular weight is 433 g/mol. The van der Waals surface area contributed by atoms with E-state index in [1.165, 1.54) is 31.9 Å². The average Bonchev–Trinajstić information content (AvgIpc) is 2.82. The highest BCUT2D eigenvalue weighted by Gasteiger charge is 2.61. The first kappa shape index (κ1) is 19.2. The number of methoxy groups -OCH3 is 1. The highest BCUT2D eigenvalue weighted by molar-refractivity contribution is 9.10. The molecule has 3 nitrogen and oxygen atoms in total. The number of carbonyl (C=O) groups is 2. The van der Waals surface area contributed by atoms with Gasteiger partial charge in [0.2, 0.25) is 0 Å². The number of carbonyl (C=O) groups excluding carboxylic acids is 2. The first-order valence-electron chi connectivity index (χ1n) is 10.1. The van der Waals surface area contributed by atoms with E-state index < -0.39 is 4.32 Å². The van der Waals surface area contributed by atoms with Crippen LogP contribution in [0.15, 0.2) is 24.3 Å². The van der Waals surface area contributed by atoms with Gasteiger partial charge in [-0.3, -0.25) is 9.59 Å². The summed E-state index contributed by atoms with van der Waals surface area (Å²) in [5.74, 6) is 1.39. The Morgan fingerprint density at radius 2 is 1.78 bits per heavy atom. The maximum Gasteiger partial charge on any atom is 0.311 e. The van der Waals surface area contributed by atoms with E-state index in [1.807, 2.05) is 26.0 Å². The Hall–Kier alpha value is -1.16. The summed E-state index contributed by atoms with van der Waals surface area (Å²) in [6.07, 6.45) is 7.68. The van der Waals surface area contributed by atoms with Gasteiger partial charge in [0, 0.05) is 5.56 Å². The molecule has 0 amide bonds. The third-order valence-electron chi connectivity index (χ3n) is 7.45. The van der Waals surface area contributed by atoms with Gasteiger partial charge in [-0.15, -0.1) is 0 Å². The first-order valence-corrected chi connectivity index (χ1v) is 10.9. The molecule has 0 heterocycles. The molecule has 4 atom stereocenters. The van der Waals surface area contributed by atoms with E-state index >= 15 is 0 Å². The topological polar surface area (TPSA) is 43.4 Å². The van der Waals surface area contributed by atoms with E-state index in [-0.39, 0.29) is 22.6 Å². The molecule has 3 saturated carbocycles.